The van der Waals surface area contributed by atoms with Crippen molar-refractivity contribution in [3.63, 3.8) is 0 Å². The van der Waals surface area contributed by atoms with Crippen LogP contribution in [0, 0.1) is 0 Å². The lowest BCUT2D eigenvalue weighted by Gasteiger charge is -2.33. The summed E-state index contributed by atoms with van der Waals surface area (Å²) >= 11 is 1.57. The molecule has 1 aliphatic heterocycles. The molecule has 1 atom stereocenters. The molecular weight excluding hydrogens is 416 g/mol. The summed E-state index contributed by atoms with van der Waals surface area (Å²) in [5, 5.41) is 3.88. The van der Waals surface area contributed by atoms with Gasteiger partial charge < -0.3 is 25.1 Å². The van der Waals surface area contributed by atoms with Gasteiger partial charge in [0.2, 0.25) is 5.91 Å². The minimum absolute atomic E-state index is 0.0477. The summed E-state index contributed by atoms with van der Waals surface area (Å²) < 4.78 is 13.3. The van der Waals surface area contributed by atoms with E-state index < -0.39 is 0 Å². The second-order valence-corrected chi connectivity index (χ2v) is 8.71. The van der Waals surface area contributed by atoms with Crippen molar-refractivity contribution in [2.75, 3.05) is 33.9 Å². The van der Waals surface area contributed by atoms with Crippen molar-refractivity contribution in [2.45, 2.75) is 12.6 Å². The molecule has 31 heavy (non-hydrogen) atoms. The second-order valence-electron chi connectivity index (χ2n) is 7.58. The molecule has 0 radical (unpaired) electrons. The fourth-order valence-corrected chi connectivity index (χ4v) is 5.21. The predicted molar refractivity (Wildman–Crippen MR) is 122 cm³/mol. The van der Waals surface area contributed by atoms with Crippen LogP contribution in [0.15, 0.2) is 35.3 Å². The summed E-state index contributed by atoms with van der Waals surface area (Å²) in [6.45, 7) is 2.64. The highest BCUT2D eigenvalue weighted by Gasteiger charge is 2.27. The highest BCUT2D eigenvalue weighted by atomic mass is 32.1. The Bertz CT molecular complexity index is 1190. The van der Waals surface area contributed by atoms with Crippen molar-refractivity contribution in [2.24, 2.45) is 12.8 Å². The zero-order valence-corrected chi connectivity index (χ0v) is 18.6. The van der Waals surface area contributed by atoms with Crippen LogP contribution < -0.4 is 26.1 Å². The zero-order valence-electron chi connectivity index (χ0n) is 17.8. The van der Waals surface area contributed by atoms with Crippen molar-refractivity contribution in [3.8, 4) is 22.6 Å². The molecule has 9 heteroatoms. The highest BCUT2D eigenvalue weighted by Crippen LogP contribution is 2.37. The molecule has 0 aliphatic carbocycles. The lowest BCUT2D eigenvalue weighted by atomic mass is 10.1. The first-order chi connectivity index (χ1) is 14.9. The third-order valence-corrected chi connectivity index (χ3v) is 6.79. The number of thiophene rings is 1. The third kappa shape index (κ3) is 4.04. The molecule has 3 aromatic rings. The number of nitrogens with zero attached hydrogens (tertiary/aromatic N) is 2. The number of fused-ring (bicyclic) bond motifs is 1. The van der Waals surface area contributed by atoms with E-state index >= 15 is 0 Å². The summed E-state index contributed by atoms with van der Waals surface area (Å²) in [5.74, 6) is 0.939. The van der Waals surface area contributed by atoms with Crippen LogP contribution in [0.2, 0.25) is 0 Å². The topological polar surface area (TPSA) is 98.8 Å². The number of carbonyl (C=O) groups is 1. The summed E-state index contributed by atoms with van der Waals surface area (Å²) in [4.78, 5) is 27.8. The highest BCUT2D eigenvalue weighted by molar-refractivity contribution is 7.19. The number of pyridine rings is 1. The third-order valence-electron chi connectivity index (χ3n) is 5.64. The van der Waals surface area contributed by atoms with E-state index in [0.29, 0.717) is 30.0 Å². The maximum Gasteiger partial charge on any atom is 0.259 e. The number of amides is 1. The molecule has 3 heterocycles. The minimum atomic E-state index is -0.355. The van der Waals surface area contributed by atoms with Crippen LogP contribution in [0.4, 0.5) is 0 Å². The molecule has 1 aromatic carbocycles. The molecule has 2 aromatic heterocycles. The van der Waals surface area contributed by atoms with Crippen LogP contribution >= 0.6 is 11.3 Å². The fraction of sp³-hybridized carbons (Fsp3) is 0.364. The number of nitrogens with two attached hydrogens (primary N) is 1. The first-order valence-corrected chi connectivity index (χ1v) is 10.8. The number of carbonyl (C=O) groups excluding carboxylic acids is 1. The number of piperazine rings is 1. The van der Waals surface area contributed by atoms with Gasteiger partial charge in [0.15, 0.2) is 11.5 Å². The Kier molecular flexibility index (Phi) is 5.99. The van der Waals surface area contributed by atoms with E-state index in [1.807, 2.05) is 30.5 Å². The van der Waals surface area contributed by atoms with Gasteiger partial charge >= 0.3 is 0 Å². The molecule has 1 unspecified atom stereocenters. The smallest absolute Gasteiger partial charge is 0.259 e. The number of ether oxygens (including phenoxy) is 2. The van der Waals surface area contributed by atoms with E-state index in [4.69, 9.17) is 15.2 Å². The normalized spacial score (nSPS) is 17.1. The number of aryl methyl sites for hydroxylation is 1. The molecule has 1 fully saturated rings. The summed E-state index contributed by atoms with van der Waals surface area (Å²) in [7, 11) is 4.95. The van der Waals surface area contributed by atoms with E-state index in [1.54, 1.807) is 37.2 Å². The number of hydrogen-bond acceptors (Lipinski definition) is 7. The summed E-state index contributed by atoms with van der Waals surface area (Å²) in [5.41, 5.74) is 7.42. The molecule has 0 spiro atoms. The van der Waals surface area contributed by atoms with Gasteiger partial charge in [-0.05, 0) is 23.8 Å². The van der Waals surface area contributed by atoms with Crippen molar-refractivity contribution >= 4 is 27.3 Å². The lowest BCUT2D eigenvalue weighted by molar-refractivity contribution is -0.124. The average molecular weight is 443 g/mol. The van der Waals surface area contributed by atoms with E-state index in [0.717, 1.165) is 33.8 Å². The first kappa shape index (κ1) is 21.4. The van der Waals surface area contributed by atoms with Crippen LogP contribution in [-0.2, 0) is 18.4 Å². The standard InChI is InChI=1S/C22H26N4O4S/c1-25-12-16(13-4-5-18(29-2)19(8-13)30-3)20-15(22(25)28)9-14(31-20)11-26-7-6-24-10-17(26)21(23)27/h4-5,8-9,12,17,24H,6-7,10-11H2,1-3H3,(H2,23,27). The minimum Gasteiger partial charge on any atom is -0.493 e. The van der Waals surface area contributed by atoms with Gasteiger partial charge in [0.1, 0.15) is 6.04 Å². The van der Waals surface area contributed by atoms with E-state index in [9.17, 15) is 9.59 Å². The number of primary amides is 1. The molecule has 164 valence electrons. The predicted octanol–water partition coefficient (Wildman–Crippen LogP) is 1.54. The van der Waals surface area contributed by atoms with Crippen LogP contribution in [0.25, 0.3) is 21.2 Å². The molecular formula is C22H26N4O4S. The van der Waals surface area contributed by atoms with Crippen molar-refractivity contribution < 1.29 is 14.3 Å². The average Bonchev–Trinajstić information content (AvgIpc) is 3.20. The first-order valence-electron chi connectivity index (χ1n) is 10.0. The summed E-state index contributed by atoms with van der Waals surface area (Å²) in [6.07, 6.45) is 1.85. The van der Waals surface area contributed by atoms with E-state index in [-0.39, 0.29) is 17.5 Å². The molecule has 1 saturated heterocycles. The molecule has 8 nitrogen and oxygen atoms in total. The summed E-state index contributed by atoms with van der Waals surface area (Å²) in [6, 6.07) is 7.31. The quantitative estimate of drug-likeness (QED) is 0.601. The Hall–Kier alpha value is -2.88. The number of nitrogens with one attached hydrogen (secondary N) is 1. The van der Waals surface area contributed by atoms with E-state index in [2.05, 4.69) is 10.2 Å². The fourth-order valence-electron chi connectivity index (χ4n) is 4.01. The van der Waals surface area contributed by atoms with Gasteiger partial charge in [0, 0.05) is 54.6 Å². The van der Waals surface area contributed by atoms with Gasteiger partial charge in [-0.1, -0.05) is 6.07 Å². The Morgan fingerprint density at radius 2 is 2.03 bits per heavy atom. The van der Waals surface area contributed by atoms with Crippen LogP contribution in [-0.4, -0.2) is 55.3 Å². The monoisotopic (exact) mass is 442 g/mol. The molecule has 1 aliphatic rings. The van der Waals surface area contributed by atoms with Gasteiger partial charge in [0.05, 0.1) is 19.6 Å². The number of aromatic nitrogens is 1. The van der Waals surface area contributed by atoms with Crippen LogP contribution in [0.1, 0.15) is 4.88 Å². The molecule has 1 amide bonds. The number of benzene rings is 1. The number of rotatable bonds is 6. The largest absolute Gasteiger partial charge is 0.493 e. The molecule has 0 bridgehead atoms. The van der Waals surface area contributed by atoms with E-state index in [1.165, 1.54) is 0 Å². The second kappa shape index (κ2) is 8.70. The van der Waals surface area contributed by atoms with Gasteiger partial charge in [-0.3, -0.25) is 14.5 Å². The van der Waals surface area contributed by atoms with Gasteiger partial charge in [0.25, 0.3) is 5.56 Å². The maximum atomic E-state index is 12.8. The Morgan fingerprint density at radius 1 is 1.26 bits per heavy atom. The van der Waals surface area contributed by atoms with Gasteiger partial charge in [-0.15, -0.1) is 11.3 Å². The Morgan fingerprint density at radius 3 is 2.74 bits per heavy atom. The molecule has 3 N–H and O–H groups in total. The number of hydrogen-bond donors (Lipinski definition) is 2. The zero-order chi connectivity index (χ0) is 22.1. The lowest BCUT2D eigenvalue weighted by Crippen LogP contribution is -2.56. The Labute approximate surface area is 184 Å². The molecule has 0 saturated carbocycles. The van der Waals surface area contributed by atoms with Crippen molar-refractivity contribution in [3.05, 3.63) is 45.7 Å². The van der Waals surface area contributed by atoms with Gasteiger partial charge in [-0.2, -0.15) is 0 Å². The SMILES string of the molecule is COc1ccc(-c2cn(C)c(=O)c3cc(CN4CCNCC4C(N)=O)sc23)cc1OC. The van der Waals surface area contributed by atoms with Gasteiger partial charge in [-0.25, -0.2) is 0 Å². The van der Waals surface area contributed by atoms with Crippen molar-refractivity contribution in [1.29, 1.82) is 0 Å². The Balaban J connectivity index is 1.78. The number of methoxy groups -OCH3 is 2. The maximum absolute atomic E-state index is 12.8. The van der Waals surface area contributed by atoms with Crippen LogP contribution in [0.3, 0.4) is 0 Å². The molecule has 4 rings (SSSR count). The van der Waals surface area contributed by atoms with Crippen molar-refractivity contribution in [1.82, 2.24) is 14.8 Å². The van der Waals surface area contributed by atoms with Crippen LogP contribution in [0.5, 0.6) is 11.5 Å².